The molecule has 0 fully saturated rings. The molecule has 0 atom stereocenters. The lowest BCUT2D eigenvalue weighted by Gasteiger charge is -2.12. The second-order valence-electron chi connectivity index (χ2n) is 8.23. The number of hydrogen-bond donors (Lipinski definition) is 1. The number of carboxylic acid groups (broad SMARTS) is 1. The Hall–Kier alpha value is -4.59. The first-order valence-corrected chi connectivity index (χ1v) is 11.8. The predicted molar refractivity (Wildman–Crippen MR) is 139 cm³/mol. The Kier molecular flexibility index (Phi) is 8.54. The SMILES string of the molecule is COc1cc(CO/N=C(/CCC(=O)O)c2ccccc2)ccc1OCc1nc(-c2ccccc2)oc1C. The van der Waals surface area contributed by atoms with Crippen LogP contribution in [0.4, 0.5) is 0 Å². The summed E-state index contributed by atoms with van der Waals surface area (Å²) in [5.74, 6) is 1.46. The number of aromatic nitrogens is 1. The molecule has 4 rings (SSSR count). The molecular weight excluding hydrogens is 472 g/mol. The molecule has 8 heteroatoms. The molecule has 190 valence electrons. The molecule has 4 aromatic rings. The van der Waals surface area contributed by atoms with Gasteiger partial charge in [-0.15, -0.1) is 0 Å². The summed E-state index contributed by atoms with van der Waals surface area (Å²) >= 11 is 0. The number of aryl methyl sites for hydroxylation is 1. The lowest BCUT2D eigenvalue weighted by molar-refractivity contribution is -0.136. The Balaban J connectivity index is 1.40. The third-order valence-electron chi connectivity index (χ3n) is 5.59. The largest absolute Gasteiger partial charge is 0.493 e. The molecular formula is C29H28N2O6. The van der Waals surface area contributed by atoms with Crippen LogP contribution in [0.1, 0.15) is 35.4 Å². The molecule has 0 amide bonds. The van der Waals surface area contributed by atoms with E-state index in [1.54, 1.807) is 13.2 Å². The van der Waals surface area contributed by atoms with E-state index in [0.29, 0.717) is 34.6 Å². The van der Waals surface area contributed by atoms with Crippen LogP contribution in [0.25, 0.3) is 11.5 Å². The number of aliphatic carboxylic acids is 1. The fourth-order valence-corrected chi connectivity index (χ4v) is 3.62. The maximum atomic E-state index is 11.0. The van der Waals surface area contributed by atoms with Gasteiger partial charge < -0.3 is 23.8 Å². The van der Waals surface area contributed by atoms with Crippen molar-refractivity contribution in [1.82, 2.24) is 4.98 Å². The molecule has 37 heavy (non-hydrogen) atoms. The van der Waals surface area contributed by atoms with Crippen molar-refractivity contribution in [2.75, 3.05) is 7.11 Å². The van der Waals surface area contributed by atoms with Gasteiger partial charge in [0.1, 0.15) is 24.7 Å². The molecule has 1 N–H and O–H groups in total. The number of rotatable bonds is 12. The smallest absolute Gasteiger partial charge is 0.303 e. The highest BCUT2D eigenvalue weighted by Crippen LogP contribution is 2.30. The van der Waals surface area contributed by atoms with Crippen LogP contribution in [0.5, 0.6) is 11.5 Å². The van der Waals surface area contributed by atoms with Crippen LogP contribution in [0, 0.1) is 6.92 Å². The molecule has 3 aromatic carbocycles. The molecule has 0 unspecified atom stereocenters. The number of hydrogen-bond acceptors (Lipinski definition) is 7. The summed E-state index contributed by atoms with van der Waals surface area (Å²) in [5, 5.41) is 13.3. The topological polar surface area (TPSA) is 103 Å². The summed E-state index contributed by atoms with van der Waals surface area (Å²) in [7, 11) is 1.57. The van der Waals surface area contributed by atoms with Gasteiger partial charge in [0.2, 0.25) is 5.89 Å². The van der Waals surface area contributed by atoms with Gasteiger partial charge in [0, 0.05) is 12.0 Å². The zero-order valence-electron chi connectivity index (χ0n) is 20.7. The van der Waals surface area contributed by atoms with E-state index in [2.05, 4.69) is 10.1 Å². The molecule has 8 nitrogen and oxygen atoms in total. The van der Waals surface area contributed by atoms with Gasteiger partial charge in [-0.1, -0.05) is 59.8 Å². The third-order valence-corrected chi connectivity index (χ3v) is 5.59. The van der Waals surface area contributed by atoms with E-state index < -0.39 is 5.97 Å². The minimum absolute atomic E-state index is 0.0330. The third kappa shape index (κ3) is 6.98. The summed E-state index contributed by atoms with van der Waals surface area (Å²) in [5.41, 5.74) is 3.83. The van der Waals surface area contributed by atoms with Crippen molar-refractivity contribution in [3.63, 3.8) is 0 Å². The molecule has 0 saturated heterocycles. The first-order valence-electron chi connectivity index (χ1n) is 11.8. The zero-order chi connectivity index (χ0) is 26.0. The predicted octanol–water partition coefficient (Wildman–Crippen LogP) is 6.02. The quantitative estimate of drug-likeness (QED) is 0.187. The van der Waals surface area contributed by atoms with Gasteiger partial charge in [0.15, 0.2) is 11.5 Å². The van der Waals surface area contributed by atoms with Crippen LogP contribution in [0.2, 0.25) is 0 Å². The number of oxazole rings is 1. The number of ether oxygens (including phenoxy) is 2. The molecule has 0 aliphatic carbocycles. The Morgan fingerprint density at radius 2 is 1.68 bits per heavy atom. The van der Waals surface area contributed by atoms with Crippen LogP contribution in [0.3, 0.4) is 0 Å². The lowest BCUT2D eigenvalue weighted by Crippen LogP contribution is -2.06. The van der Waals surface area contributed by atoms with E-state index >= 15 is 0 Å². The number of nitrogens with zero attached hydrogens (tertiary/aromatic N) is 2. The van der Waals surface area contributed by atoms with E-state index in [0.717, 1.165) is 16.7 Å². The molecule has 0 bridgehead atoms. The first-order chi connectivity index (χ1) is 18.0. The maximum absolute atomic E-state index is 11.0. The van der Waals surface area contributed by atoms with E-state index in [-0.39, 0.29) is 26.1 Å². The summed E-state index contributed by atoms with van der Waals surface area (Å²) in [4.78, 5) is 21.2. The first kappa shape index (κ1) is 25.5. The van der Waals surface area contributed by atoms with Crippen molar-refractivity contribution in [3.8, 4) is 23.0 Å². The van der Waals surface area contributed by atoms with E-state index in [9.17, 15) is 4.79 Å². The van der Waals surface area contributed by atoms with Crippen LogP contribution in [0.15, 0.2) is 88.4 Å². The van der Waals surface area contributed by atoms with Gasteiger partial charge in [-0.3, -0.25) is 4.79 Å². The van der Waals surface area contributed by atoms with Crippen LogP contribution >= 0.6 is 0 Å². The summed E-state index contributed by atoms with van der Waals surface area (Å²) in [6.45, 7) is 2.27. The highest BCUT2D eigenvalue weighted by molar-refractivity contribution is 6.01. The molecule has 1 heterocycles. The van der Waals surface area contributed by atoms with Crippen LogP contribution < -0.4 is 9.47 Å². The van der Waals surface area contributed by atoms with Crippen molar-refractivity contribution < 1.29 is 28.6 Å². The van der Waals surface area contributed by atoms with Crippen LogP contribution in [-0.4, -0.2) is 28.9 Å². The highest BCUT2D eigenvalue weighted by Gasteiger charge is 2.14. The average molecular weight is 501 g/mol. The number of carboxylic acids is 1. The molecule has 0 spiro atoms. The molecule has 0 saturated carbocycles. The van der Waals surface area contributed by atoms with Gasteiger partial charge in [0.05, 0.1) is 19.2 Å². The van der Waals surface area contributed by atoms with Gasteiger partial charge in [-0.2, -0.15) is 0 Å². The Labute approximate surface area is 215 Å². The normalized spacial score (nSPS) is 11.2. The van der Waals surface area contributed by atoms with Gasteiger partial charge in [-0.05, 0) is 42.3 Å². The molecule has 0 aliphatic rings. The molecule has 0 aliphatic heterocycles. The second-order valence-corrected chi connectivity index (χ2v) is 8.23. The van der Waals surface area contributed by atoms with Crippen molar-refractivity contribution >= 4 is 11.7 Å². The number of oxime groups is 1. The average Bonchev–Trinajstić information content (AvgIpc) is 3.30. The van der Waals surface area contributed by atoms with Crippen molar-refractivity contribution in [1.29, 1.82) is 0 Å². The van der Waals surface area contributed by atoms with E-state index in [4.69, 9.17) is 23.8 Å². The van der Waals surface area contributed by atoms with Gasteiger partial charge in [-0.25, -0.2) is 4.98 Å². The van der Waals surface area contributed by atoms with E-state index in [1.165, 1.54) is 0 Å². The van der Waals surface area contributed by atoms with Crippen LogP contribution in [-0.2, 0) is 22.8 Å². The highest BCUT2D eigenvalue weighted by atomic mass is 16.6. The zero-order valence-corrected chi connectivity index (χ0v) is 20.7. The fraction of sp³-hybridized carbons (Fsp3) is 0.207. The minimum Gasteiger partial charge on any atom is -0.493 e. The van der Waals surface area contributed by atoms with E-state index in [1.807, 2.05) is 79.7 Å². The maximum Gasteiger partial charge on any atom is 0.303 e. The Morgan fingerprint density at radius 1 is 0.946 bits per heavy atom. The Bertz CT molecular complexity index is 1350. The lowest BCUT2D eigenvalue weighted by atomic mass is 10.1. The number of carbonyl (C=O) groups is 1. The fourth-order valence-electron chi connectivity index (χ4n) is 3.62. The number of benzene rings is 3. The Morgan fingerprint density at radius 3 is 2.38 bits per heavy atom. The molecule has 1 aromatic heterocycles. The van der Waals surface area contributed by atoms with Crippen molar-refractivity contribution in [2.45, 2.75) is 33.0 Å². The van der Waals surface area contributed by atoms with Gasteiger partial charge in [0.25, 0.3) is 0 Å². The molecule has 0 radical (unpaired) electrons. The monoisotopic (exact) mass is 500 g/mol. The summed E-state index contributed by atoms with van der Waals surface area (Å²) in [6, 6.07) is 24.6. The van der Waals surface area contributed by atoms with Gasteiger partial charge >= 0.3 is 5.97 Å². The number of methoxy groups -OCH3 is 1. The standard InChI is InChI=1S/C29H28N2O6/c1-20-25(30-29(37-20)23-11-7-4-8-12-23)19-35-26-15-13-21(17-27(26)34-2)18-36-31-24(14-16-28(32)33)22-9-5-3-6-10-22/h3-13,15,17H,14,16,18-19H2,1-2H3,(H,32,33)/b31-24-. The minimum atomic E-state index is -0.888. The summed E-state index contributed by atoms with van der Waals surface area (Å²) in [6.07, 6.45) is 0.234. The van der Waals surface area contributed by atoms with Crippen molar-refractivity contribution in [3.05, 3.63) is 101 Å². The second kappa shape index (κ2) is 12.4. The van der Waals surface area contributed by atoms with Crippen molar-refractivity contribution in [2.24, 2.45) is 5.16 Å². The summed E-state index contributed by atoms with van der Waals surface area (Å²) < 4.78 is 17.3.